The third-order valence-corrected chi connectivity index (χ3v) is 5.44. The highest BCUT2D eigenvalue weighted by Gasteiger charge is 2.30. The van der Waals surface area contributed by atoms with E-state index in [1.807, 2.05) is 43.0 Å². The SMILES string of the molecule is CCCCn1c(=O)c2c(nc3n2C[C@@H](O)CN3c2ccc(OCC)cc2)n(C)c1=O. The van der Waals surface area contributed by atoms with Crippen molar-refractivity contribution in [2.45, 2.75) is 45.9 Å². The summed E-state index contributed by atoms with van der Waals surface area (Å²) in [5.41, 5.74) is 0.770. The van der Waals surface area contributed by atoms with Crippen LogP contribution in [0.4, 0.5) is 11.6 Å². The topological polar surface area (TPSA) is 94.5 Å². The number of aliphatic hydroxyl groups excluding tert-OH is 1. The average molecular weight is 413 g/mol. The molecule has 0 fully saturated rings. The van der Waals surface area contributed by atoms with Gasteiger partial charge in [-0.15, -0.1) is 0 Å². The summed E-state index contributed by atoms with van der Waals surface area (Å²) in [6.45, 7) is 5.48. The van der Waals surface area contributed by atoms with Crippen LogP contribution in [-0.2, 0) is 20.1 Å². The van der Waals surface area contributed by atoms with Crippen LogP contribution in [0.15, 0.2) is 33.9 Å². The van der Waals surface area contributed by atoms with Crippen molar-refractivity contribution < 1.29 is 9.84 Å². The van der Waals surface area contributed by atoms with Gasteiger partial charge in [0.1, 0.15) is 5.75 Å². The molecule has 3 aromatic rings. The molecule has 4 rings (SSSR count). The van der Waals surface area contributed by atoms with E-state index in [9.17, 15) is 14.7 Å². The molecule has 0 unspecified atom stereocenters. The van der Waals surface area contributed by atoms with E-state index in [1.165, 1.54) is 9.13 Å². The first-order chi connectivity index (χ1) is 14.5. The van der Waals surface area contributed by atoms with Crippen molar-refractivity contribution in [3.8, 4) is 5.75 Å². The molecule has 0 aliphatic carbocycles. The zero-order valence-corrected chi connectivity index (χ0v) is 17.5. The number of unbranched alkanes of at least 4 members (excludes halogenated alkanes) is 1. The van der Waals surface area contributed by atoms with E-state index < -0.39 is 6.10 Å². The smallest absolute Gasteiger partial charge is 0.332 e. The Morgan fingerprint density at radius 2 is 1.90 bits per heavy atom. The second kappa shape index (κ2) is 7.98. The van der Waals surface area contributed by atoms with Crippen LogP contribution in [0.2, 0.25) is 0 Å². The minimum atomic E-state index is -0.679. The van der Waals surface area contributed by atoms with Crippen molar-refractivity contribution in [2.24, 2.45) is 7.05 Å². The molecule has 0 radical (unpaired) electrons. The predicted molar refractivity (Wildman–Crippen MR) is 115 cm³/mol. The molecule has 1 aliphatic rings. The molecule has 30 heavy (non-hydrogen) atoms. The van der Waals surface area contributed by atoms with Gasteiger partial charge < -0.3 is 19.3 Å². The van der Waals surface area contributed by atoms with Gasteiger partial charge >= 0.3 is 5.69 Å². The van der Waals surface area contributed by atoms with Crippen LogP contribution in [0.3, 0.4) is 0 Å². The van der Waals surface area contributed by atoms with Gasteiger partial charge in [-0.3, -0.25) is 13.9 Å². The lowest BCUT2D eigenvalue weighted by atomic mass is 10.2. The molecule has 0 saturated heterocycles. The van der Waals surface area contributed by atoms with E-state index >= 15 is 0 Å². The lowest BCUT2D eigenvalue weighted by molar-refractivity contribution is 0.154. The van der Waals surface area contributed by atoms with E-state index in [0.717, 1.165) is 24.3 Å². The Morgan fingerprint density at radius 1 is 1.17 bits per heavy atom. The molecule has 0 spiro atoms. The molecule has 160 valence electrons. The van der Waals surface area contributed by atoms with Crippen LogP contribution in [0, 0.1) is 0 Å². The fourth-order valence-electron chi connectivity index (χ4n) is 3.92. The van der Waals surface area contributed by atoms with Gasteiger partial charge in [0.2, 0.25) is 5.95 Å². The van der Waals surface area contributed by atoms with Crippen molar-refractivity contribution >= 4 is 22.8 Å². The van der Waals surface area contributed by atoms with Crippen LogP contribution in [0.1, 0.15) is 26.7 Å². The van der Waals surface area contributed by atoms with Gasteiger partial charge in [0.25, 0.3) is 5.56 Å². The standard InChI is InChI=1S/C21H27N5O4/c1-4-6-11-24-19(28)17-18(23(3)21(24)29)22-20-25(12-15(27)13-26(17)20)14-7-9-16(10-8-14)30-5-2/h7-10,15,27H,4-6,11-13H2,1-3H3/t15-/m0/s1. The molecule has 1 N–H and O–H groups in total. The van der Waals surface area contributed by atoms with Crippen LogP contribution in [0.5, 0.6) is 5.75 Å². The number of fused-ring (bicyclic) bond motifs is 3. The molecule has 1 aromatic carbocycles. The molecule has 1 atom stereocenters. The number of ether oxygens (including phenoxy) is 1. The van der Waals surface area contributed by atoms with Crippen molar-refractivity contribution in [3.63, 3.8) is 0 Å². The van der Waals surface area contributed by atoms with Gasteiger partial charge in [-0.1, -0.05) is 13.3 Å². The minimum Gasteiger partial charge on any atom is -0.494 e. The summed E-state index contributed by atoms with van der Waals surface area (Å²) in [6, 6.07) is 7.51. The summed E-state index contributed by atoms with van der Waals surface area (Å²) in [7, 11) is 1.63. The summed E-state index contributed by atoms with van der Waals surface area (Å²) >= 11 is 0. The molecule has 0 saturated carbocycles. The first-order valence-electron chi connectivity index (χ1n) is 10.3. The average Bonchev–Trinajstić information content (AvgIpc) is 3.12. The Balaban J connectivity index is 1.88. The quantitative estimate of drug-likeness (QED) is 0.660. The lowest BCUT2D eigenvalue weighted by Gasteiger charge is -2.32. The van der Waals surface area contributed by atoms with E-state index in [1.54, 1.807) is 11.6 Å². The Morgan fingerprint density at radius 3 is 2.57 bits per heavy atom. The molecule has 2 aromatic heterocycles. The van der Waals surface area contributed by atoms with Crippen LogP contribution < -0.4 is 20.9 Å². The maximum absolute atomic E-state index is 13.2. The van der Waals surface area contributed by atoms with E-state index in [4.69, 9.17) is 4.74 Å². The Bertz CT molecular complexity index is 1180. The maximum Gasteiger partial charge on any atom is 0.332 e. The highest BCUT2D eigenvalue weighted by molar-refractivity contribution is 5.77. The number of aryl methyl sites for hydroxylation is 1. The molecular formula is C21H27N5O4. The van der Waals surface area contributed by atoms with Crippen molar-refractivity contribution in [1.29, 1.82) is 0 Å². The van der Waals surface area contributed by atoms with Gasteiger partial charge in [0.15, 0.2) is 11.2 Å². The molecular weight excluding hydrogens is 386 g/mol. The van der Waals surface area contributed by atoms with Crippen LogP contribution in [-0.4, -0.2) is 43.0 Å². The largest absolute Gasteiger partial charge is 0.494 e. The van der Waals surface area contributed by atoms with Crippen LogP contribution >= 0.6 is 0 Å². The summed E-state index contributed by atoms with van der Waals surface area (Å²) < 4.78 is 9.92. The number of β-amino-alcohol motifs (C(OH)–C–C–N with tert-alkyl or cyclic N) is 1. The summed E-state index contributed by atoms with van der Waals surface area (Å²) in [5, 5.41) is 10.5. The Kier molecular flexibility index (Phi) is 5.38. The first-order valence-corrected chi connectivity index (χ1v) is 10.3. The second-order valence-electron chi connectivity index (χ2n) is 7.54. The molecule has 1 aliphatic heterocycles. The molecule has 9 nitrogen and oxygen atoms in total. The number of aromatic nitrogens is 4. The zero-order chi connectivity index (χ0) is 21.4. The summed E-state index contributed by atoms with van der Waals surface area (Å²) in [5.74, 6) is 1.30. The molecule has 0 bridgehead atoms. The monoisotopic (exact) mass is 413 g/mol. The molecule has 3 heterocycles. The van der Waals surface area contributed by atoms with Gasteiger partial charge in [-0.05, 0) is 37.6 Å². The van der Waals surface area contributed by atoms with Gasteiger partial charge in [-0.25, -0.2) is 4.79 Å². The third kappa shape index (κ3) is 3.28. The Hall–Kier alpha value is -3.07. The van der Waals surface area contributed by atoms with E-state index in [-0.39, 0.29) is 17.8 Å². The van der Waals surface area contributed by atoms with E-state index in [0.29, 0.717) is 36.8 Å². The molecule has 9 heteroatoms. The zero-order valence-electron chi connectivity index (χ0n) is 17.5. The fourth-order valence-corrected chi connectivity index (χ4v) is 3.92. The number of anilines is 2. The highest BCUT2D eigenvalue weighted by Crippen LogP contribution is 2.32. The highest BCUT2D eigenvalue weighted by atomic mass is 16.5. The van der Waals surface area contributed by atoms with E-state index in [2.05, 4.69) is 4.98 Å². The van der Waals surface area contributed by atoms with Gasteiger partial charge in [0, 0.05) is 19.3 Å². The van der Waals surface area contributed by atoms with Gasteiger partial charge in [-0.2, -0.15) is 4.98 Å². The number of hydrogen-bond donors (Lipinski definition) is 1. The number of aliphatic hydroxyl groups is 1. The number of imidazole rings is 1. The third-order valence-electron chi connectivity index (χ3n) is 5.44. The fraction of sp³-hybridized carbons (Fsp3) is 0.476. The van der Waals surface area contributed by atoms with Crippen LogP contribution in [0.25, 0.3) is 11.2 Å². The number of nitrogens with zero attached hydrogens (tertiary/aromatic N) is 5. The number of rotatable bonds is 6. The number of benzene rings is 1. The van der Waals surface area contributed by atoms with Crippen molar-refractivity contribution in [3.05, 3.63) is 45.1 Å². The second-order valence-corrected chi connectivity index (χ2v) is 7.54. The summed E-state index contributed by atoms with van der Waals surface area (Å²) in [4.78, 5) is 32.4. The predicted octanol–water partition coefficient (Wildman–Crippen LogP) is 1.61. The van der Waals surface area contributed by atoms with Crippen molar-refractivity contribution in [1.82, 2.24) is 18.7 Å². The maximum atomic E-state index is 13.2. The Labute approximate surface area is 173 Å². The molecule has 0 amide bonds. The first kappa shape index (κ1) is 20.2. The van der Waals surface area contributed by atoms with Crippen molar-refractivity contribution in [2.75, 3.05) is 18.1 Å². The lowest BCUT2D eigenvalue weighted by Crippen LogP contribution is -2.41. The minimum absolute atomic E-state index is 0.251. The summed E-state index contributed by atoms with van der Waals surface area (Å²) in [6.07, 6.45) is 0.938. The normalized spacial score (nSPS) is 16.1. The van der Waals surface area contributed by atoms with Gasteiger partial charge in [0.05, 0.1) is 25.8 Å². The number of hydrogen-bond acceptors (Lipinski definition) is 6.